The van der Waals surface area contributed by atoms with Crippen molar-refractivity contribution in [2.75, 3.05) is 26.8 Å². The number of carbonyl (C=O) groups is 1. The lowest BCUT2D eigenvalue weighted by atomic mass is 10.0. The Labute approximate surface area is 168 Å². The lowest BCUT2D eigenvalue weighted by Gasteiger charge is -2.31. The number of likely N-dealkylation sites (N-methyl/N-ethyl adjacent to an activating group) is 1. The highest BCUT2D eigenvalue weighted by Gasteiger charge is 2.38. The largest absolute Gasteiger partial charge is 0.490 e. The van der Waals surface area contributed by atoms with Crippen LogP contribution in [0.2, 0.25) is 0 Å². The van der Waals surface area contributed by atoms with Crippen molar-refractivity contribution in [1.29, 1.82) is 0 Å². The Balaban J connectivity index is 0.000000370. The third-order valence-corrected chi connectivity index (χ3v) is 4.87. The molecule has 1 heterocycles. The summed E-state index contributed by atoms with van der Waals surface area (Å²) in [4.78, 5) is 11.4. The van der Waals surface area contributed by atoms with Crippen LogP contribution in [0.15, 0.2) is 54.6 Å². The molecule has 0 unspecified atom stereocenters. The van der Waals surface area contributed by atoms with E-state index in [1.54, 1.807) is 0 Å². The number of carboxylic acids is 1. The molecule has 1 saturated heterocycles. The van der Waals surface area contributed by atoms with Crippen LogP contribution in [0.3, 0.4) is 0 Å². The van der Waals surface area contributed by atoms with Gasteiger partial charge in [-0.2, -0.15) is 13.2 Å². The van der Waals surface area contributed by atoms with E-state index in [2.05, 4.69) is 66.5 Å². The minimum Gasteiger partial charge on any atom is -0.475 e. The van der Waals surface area contributed by atoms with Gasteiger partial charge in [0.15, 0.2) is 0 Å². The monoisotopic (exact) mass is 409 g/mol. The second-order valence-electron chi connectivity index (χ2n) is 6.94. The van der Waals surface area contributed by atoms with Gasteiger partial charge in [-0.15, -0.1) is 0 Å². The highest BCUT2D eigenvalue weighted by Crippen LogP contribution is 2.20. The number of hydrogen-bond acceptors (Lipinski definition) is 3. The fraction of sp³-hybridized carbons (Fsp3) is 0.409. The lowest BCUT2D eigenvalue weighted by molar-refractivity contribution is -0.192. The van der Waals surface area contributed by atoms with E-state index < -0.39 is 12.1 Å². The Morgan fingerprint density at radius 3 is 2.07 bits per heavy atom. The van der Waals surface area contributed by atoms with Crippen molar-refractivity contribution in [2.24, 2.45) is 0 Å². The minimum atomic E-state index is -5.08. The minimum absolute atomic E-state index is 0.692. The van der Waals surface area contributed by atoms with Gasteiger partial charge in [0.05, 0.1) is 0 Å². The van der Waals surface area contributed by atoms with Crippen LogP contribution in [0, 0.1) is 0 Å². The van der Waals surface area contributed by atoms with E-state index in [-0.39, 0.29) is 0 Å². The molecule has 3 rings (SSSR count). The Kier molecular flexibility index (Phi) is 8.67. The zero-order valence-electron chi connectivity index (χ0n) is 16.4. The molecule has 0 amide bonds. The molecule has 0 radical (unpaired) electrons. The van der Waals surface area contributed by atoms with Gasteiger partial charge in [-0.3, -0.25) is 0 Å². The third kappa shape index (κ3) is 7.87. The maximum atomic E-state index is 10.6. The summed E-state index contributed by atoms with van der Waals surface area (Å²) >= 11 is 0. The molecular formula is C22H26F3NO3. The van der Waals surface area contributed by atoms with Crippen molar-refractivity contribution >= 4 is 5.97 Å². The van der Waals surface area contributed by atoms with Gasteiger partial charge in [-0.1, -0.05) is 54.6 Å². The molecule has 2 aromatic carbocycles. The Morgan fingerprint density at radius 2 is 1.55 bits per heavy atom. The molecule has 29 heavy (non-hydrogen) atoms. The second-order valence-corrected chi connectivity index (χ2v) is 6.94. The second kappa shape index (κ2) is 11.0. The van der Waals surface area contributed by atoms with Gasteiger partial charge in [-0.05, 0) is 43.0 Å². The highest BCUT2D eigenvalue weighted by molar-refractivity contribution is 5.73. The Hall–Kier alpha value is -2.38. The van der Waals surface area contributed by atoms with Crippen LogP contribution in [0.4, 0.5) is 13.2 Å². The zero-order valence-corrected chi connectivity index (χ0v) is 16.4. The van der Waals surface area contributed by atoms with Crippen molar-refractivity contribution in [3.05, 3.63) is 60.2 Å². The number of alkyl halides is 3. The van der Waals surface area contributed by atoms with Crippen molar-refractivity contribution < 1.29 is 27.8 Å². The van der Waals surface area contributed by atoms with Crippen molar-refractivity contribution in [3.63, 3.8) is 0 Å². The van der Waals surface area contributed by atoms with E-state index >= 15 is 0 Å². The SMILES string of the molecule is CN(CCc1ccc(-c2ccccc2)cc1)C1CCOCC1.O=C(O)C(F)(F)F. The van der Waals surface area contributed by atoms with Gasteiger partial charge < -0.3 is 14.7 Å². The maximum absolute atomic E-state index is 10.6. The quantitative estimate of drug-likeness (QED) is 0.782. The molecule has 158 valence electrons. The summed E-state index contributed by atoms with van der Waals surface area (Å²) < 4.78 is 37.2. The first-order valence-electron chi connectivity index (χ1n) is 9.50. The predicted octanol–water partition coefficient (Wildman–Crippen LogP) is 4.64. The number of halogens is 3. The molecule has 0 spiro atoms. The summed E-state index contributed by atoms with van der Waals surface area (Å²) in [6, 6.07) is 20.3. The molecule has 0 bridgehead atoms. The number of hydrogen-bond donors (Lipinski definition) is 1. The van der Waals surface area contributed by atoms with Crippen LogP contribution in [0.5, 0.6) is 0 Å². The fourth-order valence-corrected chi connectivity index (χ4v) is 3.11. The average Bonchev–Trinajstić information content (AvgIpc) is 2.73. The van der Waals surface area contributed by atoms with Crippen LogP contribution in [-0.2, 0) is 16.0 Å². The molecule has 1 aliphatic rings. The molecular weight excluding hydrogens is 383 g/mol. The summed E-state index contributed by atoms with van der Waals surface area (Å²) in [5, 5.41) is 7.12. The van der Waals surface area contributed by atoms with Gasteiger partial charge in [0, 0.05) is 25.8 Å². The molecule has 2 aromatic rings. The van der Waals surface area contributed by atoms with Crippen LogP contribution in [-0.4, -0.2) is 55.0 Å². The van der Waals surface area contributed by atoms with Crippen molar-refractivity contribution in [2.45, 2.75) is 31.5 Å². The van der Waals surface area contributed by atoms with E-state index in [9.17, 15) is 13.2 Å². The lowest BCUT2D eigenvalue weighted by Crippen LogP contribution is -2.37. The normalized spacial score (nSPS) is 14.9. The van der Waals surface area contributed by atoms with E-state index in [1.807, 2.05) is 0 Å². The topological polar surface area (TPSA) is 49.8 Å². The van der Waals surface area contributed by atoms with E-state index in [0.29, 0.717) is 6.04 Å². The van der Waals surface area contributed by atoms with Crippen LogP contribution >= 0.6 is 0 Å². The summed E-state index contributed by atoms with van der Waals surface area (Å²) in [5.41, 5.74) is 3.99. The molecule has 1 aliphatic heterocycles. The number of carboxylic acid groups (broad SMARTS) is 1. The predicted molar refractivity (Wildman–Crippen MR) is 106 cm³/mol. The average molecular weight is 409 g/mol. The molecule has 1 fully saturated rings. The smallest absolute Gasteiger partial charge is 0.475 e. The summed E-state index contributed by atoms with van der Waals surface area (Å²) in [6.45, 7) is 2.96. The number of ether oxygens (including phenoxy) is 1. The van der Waals surface area contributed by atoms with Crippen LogP contribution in [0.25, 0.3) is 11.1 Å². The standard InChI is InChI=1S/C20H25NO.C2HF3O2/c1-21(20-12-15-22-16-13-20)14-11-17-7-9-19(10-8-17)18-5-3-2-4-6-18;3-2(4,5)1(6)7/h2-10,20H,11-16H2,1H3;(H,6,7). The number of rotatable bonds is 5. The number of aliphatic carboxylic acids is 1. The molecule has 0 atom stereocenters. The van der Waals surface area contributed by atoms with E-state index in [0.717, 1.165) is 26.2 Å². The Morgan fingerprint density at radius 1 is 1.03 bits per heavy atom. The summed E-state index contributed by atoms with van der Waals surface area (Å²) in [6.07, 6.45) is -1.63. The number of benzene rings is 2. The van der Waals surface area contributed by atoms with E-state index in [1.165, 1.54) is 29.5 Å². The first-order valence-corrected chi connectivity index (χ1v) is 9.50. The molecule has 0 aromatic heterocycles. The molecule has 4 nitrogen and oxygen atoms in total. The molecule has 1 N–H and O–H groups in total. The zero-order chi connectivity index (χ0) is 21.3. The molecule has 0 saturated carbocycles. The number of nitrogens with zero attached hydrogens (tertiary/aromatic N) is 1. The van der Waals surface area contributed by atoms with Crippen LogP contribution in [0.1, 0.15) is 18.4 Å². The molecule has 0 aliphatic carbocycles. The van der Waals surface area contributed by atoms with Gasteiger partial charge >= 0.3 is 12.1 Å². The Bertz CT molecular complexity index is 742. The van der Waals surface area contributed by atoms with Gasteiger partial charge in [0.25, 0.3) is 0 Å². The van der Waals surface area contributed by atoms with Gasteiger partial charge in [0.2, 0.25) is 0 Å². The molecule has 7 heteroatoms. The van der Waals surface area contributed by atoms with Crippen molar-refractivity contribution in [3.8, 4) is 11.1 Å². The first kappa shape index (κ1) is 22.9. The first-order chi connectivity index (χ1) is 13.8. The summed E-state index contributed by atoms with van der Waals surface area (Å²) in [7, 11) is 2.24. The van der Waals surface area contributed by atoms with Crippen molar-refractivity contribution in [1.82, 2.24) is 4.90 Å². The van der Waals surface area contributed by atoms with Gasteiger partial charge in [-0.25, -0.2) is 4.79 Å². The van der Waals surface area contributed by atoms with Gasteiger partial charge in [0.1, 0.15) is 0 Å². The highest BCUT2D eigenvalue weighted by atomic mass is 19.4. The summed E-state index contributed by atoms with van der Waals surface area (Å²) in [5.74, 6) is -2.76. The fourth-order valence-electron chi connectivity index (χ4n) is 3.11. The van der Waals surface area contributed by atoms with Crippen LogP contribution < -0.4 is 0 Å². The maximum Gasteiger partial charge on any atom is 0.490 e. The third-order valence-electron chi connectivity index (χ3n) is 4.87. The van der Waals surface area contributed by atoms with E-state index in [4.69, 9.17) is 14.6 Å².